The Morgan fingerprint density at radius 3 is 3.00 bits per heavy atom. The van der Waals surface area contributed by atoms with Crippen molar-refractivity contribution < 1.29 is 18.7 Å². The Morgan fingerprint density at radius 2 is 2.20 bits per heavy atom. The van der Waals surface area contributed by atoms with Gasteiger partial charge in [0.15, 0.2) is 0 Å². The Balaban J connectivity index is 1.39. The third kappa shape index (κ3) is 3.77. The molecule has 7 heteroatoms. The number of amides is 1. The van der Waals surface area contributed by atoms with E-state index in [1.54, 1.807) is 6.07 Å². The summed E-state index contributed by atoms with van der Waals surface area (Å²) in [6, 6.07) is 1.64. The van der Waals surface area contributed by atoms with Gasteiger partial charge in [0.25, 0.3) is 5.91 Å². The predicted molar refractivity (Wildman–Crippen MR) is 89.2 cm³/mol. The lowest BCUT2D eigenvalue weighted by Crippen LogP contribution is -2.31. The van der Waals surface area contributed by atoms with Crippen LogP contribution in [0.15, 0.2) is 29.2 Å². The van der Waals surface area contributed by atoms with Gasteiger partial charge < -0.3 is 19.2 Å². The van der Waals surface area contributed by atoms with Crippen LogP contribution in [0.25, 0.3) is 0 Å². The quantitative estimate of drug-likeness (QED) is 0.896. The third-order valence-electron chi connectivity index (χ3n) is 4.88. The summed E-state index contributed by atoms with van der Waals surface area (Å²) in [5, 5.41) is 7.64. The van der Waals surface area contributed by atoms with E-state index >= 15 is 0 Å². The average molecular weight is 345 g/mol. The van der Waals surface area contributed by atoms with Gasteiger partial charge in [0.05, 0.1) is 24.1 Å². The maximum atomic E-state index is 12.1. The minimum absolute atomic E-state index is 0.161. The number of carbonyl (C=O) groups is 1. The second kappa shape index (κ2) is 7.41. The van der Waals surface area contributed by atoms with E-state index in [-0.39, 0.29) is 12.0 Å². The van der Waals surface area contributed by atoms with Crippen LogP contribution in [0.4, 0.5) is 0 Å². The molecule has 0 radical (unpaired) electrons. The van der Waals surface area contributed by atoms with E-state index in [1.165, 1.54) is 18.1 Å². The zero-order valence-electron chi connectivity index (χ0n) is 14.1. The Hall–Kier alpha value is -2.12. The number of nitrogens with one attached hydrogen (secondary N) is 1. The SMILES string of the molecule is O=C(NCC1OCCc2cn(CC3CCOCC3)nc21)c1ccoc1. The molecule has 1 saturated heterocycles. The monoisotopic (exact) mass is 345 g/mol. The molecule has 4 heterocycles. The fourth-order valence-corrected chi connectivity index (χ4v) is 3.46. The normalized spacial score (nSPS) is 21.0. The van der Waals surface area contributed by atoms with E-state index in [4.69, 9.17) is 19.0 Å². The van der Waals surface area contributed by atoms with Crippen molar-refractivity contribution in [2.45, 2.75) is 31.9 Å². The van der Waals surface area contributed by atoms with Crippen LogP contribution in [-0.2, 0) is 22.4 Å². The molecule has 25 heavy (non-hydrogen) atoms. The molecule has 2 aromatic rings. The van der Waals surface area contributed by atoms with Gasteiger partial charge in [-0.25, -0.2) is 0 Å². The first kappa shape index (κ1) is 16.4. The standard InChI is InChI=1S/C18H23N3O4/c22-18(15-3-7-24-12-15)19-9-16-17-14(4-8-25-16)11-21(20-17)10-13-1-5-23-6-2-13/h3,7,11-13,16H,1-2,4-6,8-10H2,(H,19,22). The van der Waals surface area contributed by atoms with Crippen molar-refractivity contribution in [2.24, 2.45) is 5.92 Å². The van der Waals surface area contributed by atoms with E-state index in [1.807, 2.05) is 4.68 Å². The van der Waals surface area contributed by atoms with E-state index in [9.17, 15) is 4.79 Å². The first-order chi connectivity index (χ1) is 12.3. The maximum absolute atomic E-state index is 12.1. The molecule has 1 unspecified atom stereocenters. The van der Waals surface area contributed by atoms with Gasteiger partial charge in [-0.2, -0.15) is 5.10 Å². The second-order valence-corrected chi connectivity index (χ2v) is 6.65. The topological polar surface area (TPSA) is 78.5 Å². The van der Waals surface area contributed by atoms with Crippen LogP contribution < -0.4 is 5.32 Å². The number of furan rings is 1. The summed E-state index contributed by atoms with van der Waals surface area (Å²) >= 11 is 0. The summed E-state index contributed by atoms with van der Waals surface area (Å²) in [7, 11) is 0. The molecule has 0 bridgehead atoms. The van der Waals surface area contributed by atoms with Crippen molar-refractivity contribution >= 4 is 5.91 Å². The molecule has 0 spiro atoms. The minimum atomic E-state index is -0.199. The van der Waals surface area contributed by atoms with Gasteiger partial charge in [-0.3, -0.25) is 9.48 Å². The fraction of sp³-hybridized carbons (Fsp3) is 0.556. The molecule has 2 aliphatic rings. The van der Waals surface area contributed by atoms with Gasteiger partial charge in [0.1, 0.15) is 12.4 Å². The molecule has 0 aliphatic carbocycles. The fourth-order valence-electron chi connectivity index (χ4n) is 3.46. The second-order valence-electron chi connectivity index (χ2n) is 6.65. The van der Waals surface area contributed by atoms with E-state index in [0.717, 1.165) is 44.7 Å². The predicted octanol–water partition coefficient (Wildman–Crippen LogP) is 1.95. The Bertz CT molecular complexity index is 704. The molecule has 0 aromatic carbocycles. The van der Waals surface area contributed by atoms with Gasteiger partial charge >= 0.3 is 0 Å². The van der Waals surface area contributed by atoms with Crippen LogP contribution in [0.3, 0.4) is 0 Å². The maximum Gasteiger partial charge on any atom is 0.254 e. The van der Waals surface area contributed by atoms with Crippen LogP contribution in [-0.4, -0.2) is 42.1 Å². The number of aromatic nitrogens is 2. The molecule has 4 rings (SSSR count). The highest BCUT2D eigenvalue weighted by Crippen LogP contribution is 2.26. The molecular weight excluding hydrogens is 322 g/mol. The summed E-state index contributed by atoms with van der Waals surface area (Å²) in [4.78, 5) is 12.1. The molecule has 1 fully saturated rings. The van der Waals surface area contributed by atoms with Gasteiger partial charge in [-0.05, 0) is 36.8 Å². The molecule has 2 aromatic heterocycles. The molecule has 1 atom stereocenters. The molecule has 7 nitrogen and oxygen atoms in total. The smallest absolute Gasteiger partial charge is 0.254 e. The first-order valence-corrected chi connectivity index (χ1v) is 8.85. The zero-order chi connectivity index (χ0) is 17.1. The van der Waals surface area contributed by atoms with E-state index < -0.39 is 0 Å². The highest BCUT2D eigenvalue weighted by atomic mass is 16.5. The molecule has 1 N–H and O–H groups in total. The van der Waals surface area contributed by atoms with Crippen molar-refractivity contribution in [2.75, 3.05) is 26.4 Å². The molecule has 0 saturated carbocycles. The van der Waals surface area contributed by atoms with E-state index in [2.05, 4.69) is 11.5 Å². The first-order valence-electron chi connectivity index (χ1n) is 8.85. The van der Waals surface area contributed by atoms with Crippen molar-refractivity contribution in [1.82, 2.24) is 15.1 Å². The van der Waals surface area contributed by atoms with Gasteiger partial charge in [-0.15, -0.1) is 0 Å². The molecular formula is C18H23N3O4. The van der Waals surface area contributed by atoms with Gasteiger partial charge in [0.2, 0.25) is 0 Å². The number of nitrogens with zero attached hydrogens (tertiary/aromatic N) is 2. The van der Waals surface area contributed by atoms with Crippen LogP contribution in [0.1, 0.15) is 40.6 Å². The van der Waals surface area contributed by atoms with Crippen LogP contribution in [0, 0.1) is 5.92 Å². The van der Waals surface area contributed by atoms with Crippen molar-refractivity contribution in [1.29, 1.82) is 0 Å². The van der Waals surface area contributed by atoms with Crippen molar-refractivity contribution in [3.63, 3.8) is 0 Å². The summed E-state index contributed by atoms with van der Waals surface area (Å²) in [6.45, 7) is 3.67. The number of ether oxygens (including phenoxy) is 2. The highest BCUT2D eigenvalue weighted by Gasteiger charge is 2.26. The van der Waals surface area contributed by atoms with Crippen LogP contribution >= 0.6 is 0 Å². The molecule has 1 amide bonds. The Morgan fingerprint density at radius 1 is 1.32 bits per heavy atom. The Labute approximate surface area is 146 Å². The van der Waals surface area contributed by atoms with Crippen LogP contribution in [0.2, 0.25) is 0 Å². The molecule has 134 valence electrons. The zero-order valence-corrected chi connectivity index (χ0v) is 14.1. The number of carbonyl (C=O) groups excluding carboxylic acids is 1. The minimum Gasteiger partial charge on any atom is -0.472 e. The summed E-state index contributed by atoms with van der Waals surface area (Å²) < 4.78 is 18.3. The lowest BCUT2D eigenvalue weighted by molar-refractivity contribution is 0.0379. The number of hydrogen-bond acceptors (Lipinski definition) is 5. The van der Waals surface area contributed by atoms with Gasteiger partial charge in [-0.1, -0.05) is 0 Å². The summed E-state index contributed by atoms with van der Waals surface area (Å²) in [6.07, 6.45) is 7.91. The van der Waals surface area contributed by atoms with Gasteiger partial charge in [0, 0.05) is 32.5 Å². The van der Waals surface area contributed by atoms with Crippen molar-refractivity contribution in [3.05, 3.63) is 41.6 Å². The highest BCUT2D eigenvalue weighted by molar-refractivity contribution is 5.93. The summed E-state index contributed by atoms with van der Waals surface area (Å²) in [5.41, 5.74) is 2.69. The lowest BCUT2D eigenvalue weighted by atomic mass is 10.0. The number of hydrogen-bond donors (Lipinski definition) is 1. The molecule has 2 aliphatic heterocycles. The Kier molecular flexibility index (Phi) is 4.85. The average Bonchev–Trinajstić information content (AvgIpc) is 3.30. The van der Waals surface area contributed by atoms with Crippen LogP contribution in [0.5, 0.6) is 0 Å². The number of fused-ring (bicyclic) bond motifs is 1. The van der Waals surface area contributed by atoms with Crippen molar-refractivity contribution in [3.8, 4) is 0 Å². The lowest BCUT2D eigenvalue weighted by Gasteiger charge is -2.22. The third-order valence-corrected chi connectivity index (χ3v) is 4.88. The van der Waals surface area contributed by atoms with E-state index in [0.29, 0.717) is 24.6 Å². The largest absolute Gasteiger partial charge is 0.472 e. The summed E-state index contributed by atoms with van der Waals surface area (Å²) in [5.74, 6) is 0.460. The number of rotatable bonds is 5.